The Bertz CT molecular complexity index is 460. The number of hydrogen-bond donors (Lipinski definition) is 1. The van der Waals surface area contributed by atoms with Crippen molar-refractivity contribution in [2.45, 2.75) is 57.3 Å². The van der Waals surface area contributed by atoms with E-state index in [1.54, 1.807) is 0 Å². The van der Waals surface area contributed by atoms with Crippen LogP contribution in [0.4, 0.5) is 0 Å². The Morgan fingerprint density at radius 2 is 2.10 bits per heavy atom. The number of aliphatic hydroxyl groups is 1. The minimum atomic E-state index is -0.357. The molecule has 1 saturated heterocycles. The second-order valence-corrected chi connectivity index (χ2v) is 6.32. The summed E-state index contributed by atoms with van der Waals surface area (Å²) in [5, 5.41) is 10.9. The molecule has 0 saturated carbocycles. The average Bonchev–Trinajstić information content (AvgIpc) is 2.68. The molecule has 116 valence electrons. The largest absolute Gasteiger partial charge is 0.387 e. The topological polar surface area (TPSA) is 32.7 Å². The van der Waals surface area contributed by atoms with Gasteiger partial charge in [0.1, 0.15) is 0 Å². The molecule has 0 bridgehead atoms. The van der Waals surface area contributed by atoms with Crippen molar-refractivity contribution in [3.8, 4) is 0 Å². The quantitative estimate of drug-likeness (QED) is 0.869. The highest BCUT2D eigenvalue weighted by atomic mass is 16.5. The van der Waals surface area contributed by atoms with Crippen LogP contribution in [0.25, 0.3) is 0 Å². The Labute approximate surface area is 127 Å². The molecule has 21 heavy (non-hydrogen) atoms. The molecule has 1 aromatic carbocycles. The maximum Gasteiger partial charge on any atom is 0.0947 e. The van der Waals surface area contributed by atoms with Crippen LogP contribution in [0.1, 0.15) is 49.8 Å². The number of likely N-dealkylation sites (tertiary alicyclic amines) is 1. The lowest BCUT2D eigenvalue weighted by Gasteiger charge is -2.39. The first kappa shape index (κ1) is 15.0. The molecule has 0 aromatic heterocycles. The van der Waals surface area contributed by atoms with Gasteiger partial charge in [0.25, 0.3) is 0 Å². The summed E-state index contributed by atoms with van der Waals surface area (Å²) in [6.45, 7) is 4.91. The van der Waals surface area contributed by atoms with E-state index in [-0.39, 0.29) is 12.1 Å². The molecule has 3 unspecified atom stereocenters. The summed E-state index contributed by atoms with van der Waals surface area (Å²) in [7, 11) is 0. The van der Waals surface area contributed by atoms with Gasteiger partial charge in [0, 0.05) is 19.2 Å². The number of fused-ring (bicyclic) bond motifs is 1. The summed E-state index contributed by atoms with van der Waals surface area (Å²) in [5.41, 5.74) is 2.46. The molecule has 1 heterocycles. The number of ether oxygens (including phenoxy) is 1. The second-order valence-electron chi connectivity index (χ2n) is 6.32. The molecule has 0 amide bonds. The first-order chi connectivity index (χ1) is 10.3. The van der Waals surface area contributed by atoms with Crippen molar-refractivity contribution in [3.63, 3.8) is 0 Å². The number of piperidine rings is 1. The van der Waals surface area contributed by atoms with Gasteiger partial charge in [0.05, 0.1) is 12.2 Å². The van der Waals surface area contributed by atoms with Crippen LogP contribution in [0.5, 0.6) is 0 Å². The number of aliphatic hydroxyl groups excluding tert-OH is 1. The van der Waals surface area contributed by atoms with E-state index in [9.17, 15) is 5.11 Å². The van der Waals surface area contributed by atoms with Crippen molar-refractivity contribution in [1.29, 1.82) is 0 Å². The summed E-state index contributed by atoms with van der Waals surface area (Å²) in [4.78, 5) is 2.47. The zero-order valence-electron chi connectivity index (χ0n) is 13.0. The van der Waals surface area contributed by atoms with E-state index < -0.39 is 0 Å². The van der Waals surface area contributed by atoms with Gasteiger partial charge in [-0.05, 0) is 56.7 Å². The molecule has 3 rings (SSSR count). The third kappa shape index (κ3) is 3.31. The zero-order valence-corrected chi connectivity index (χ0v) is 13.0. The van der Waals surface area contributed by atoms with E-state index in [2.05, 4.69) is 30.0 Å². The highest BCUT2D eigenvalue weighted by Crippen LogP contribution is 2.33. The zero-order chi connectivity index (χ0) is 14.7. The van der Waals surface area contributed by atoms with Gasteiger partial charge in [0.2, 0.25) is 0 Å². The Morgan fingerprint density at radius 1 is 1.24 bits per heavy atom. The van der Waals surface area contributed by atoms with Gasteiger partial charge in [0.15, 0.2) is 0 Å². The van der Waals surface area contributed by atoms with E-state index in [4.69, 9.17) is 4.74 Å². The number of nitrogens with zero attached hydrogens (tertiary/aromatic N) is 1. The number of benzene rings is 1. The summed E-state index contributed by atoms with van der Waals surface area (Å²) in [5.74, 6) is 0. The molecule has 1 aliphatic carbocycles. The number of rotatable bonds is 3. The minimum Gasteiger partial charge on any atom is -0.387 e. The van der Waals surface area contributed by atoms with Crippen LogP contribution in [0.3, 0.4) is 0 Å². The molecule has 2 aliphatic rings. The number of aryl methyl sites for hydroxylation is 1. The molecule has 3 nitrogen and oxygen atoms in total. The van der Waals surface area contributed by atoms with Crippen LogP contribution in [0.2, 0.25) is 0 Å². The summed E-state index contributed by atoms with van der Waals surface area (Å²) in [6.07, 6.45) is 5.65. The summed E-state index contributed by atoms with van der Waals surface area (Å²) >= 11 is 0. The third-order valence-corrected chi connectivity index (χ3v) is 4.97. The molecule has 1 aliphatic heterocycles. The Morgan fingerprint density at radius 3 is 2.95 bits per heavy atom. The minimum absolute atomic E-state index is 0.247. The Kier molecular flexibility index (Phi) is 4.94. The SMILES string of the molecule is CCOC1CCCN(C2CCCc3ccccc3C2O)C1. The van der Waals surface area contributed by atoms with E-state index in [1.165, 1.54) is 12.0 Å². The monoisotopic (exact) mass is 289 g/mol. The van der Waals surface area contributed by atoms with Crippen molar-refractivity contribution in [2.75, 3.05) is 19.7 Å². The smallest absolute Gasteiger partial charge is 0.0947 e. The lowest BCUT2D eigenvalue weighted by Crippen LogP contribution is -2.47. The van der Waals surface area contributed by atoms with Gasteiger partial charge in [-0.3, -0.25) is 4.90 Å². The maximum atomic E-state index is 10.9. The van der Waals surface area contributed by atoms with E-state index in [1.807, 2.05) is 6.07 Å². The first-order valence-electron chi connectivity index (χ1n) is 8.41. The lowest BCUT2D eigenvalue weighted by molar-refractivity contribution is -0.0348. The Balaban J connectivity index is 1.75. The fraction of sp³-hybridized carbons (Fsp3) is 0.667. The molecular weight excluding hydrogens is 262 g/mol. The van der Waals surface area contributed by atoms with E-state index in [0.717, 1.165) is 50.9 Å². The average molecular weight is 289 g/mol. The van der Waals surface area contributed by atoms with Gasteiger partial charge in [-0.2, -0.15) is 0 Å². The van der Waals surface area contributed by atoms with Crippen molar-refractivity contribution >= 4 is 0 Å². The van der Waals surface area contributed by atoms with Crippen molar-refractivity contribution in [2.24, 2.45) is 0 Å². The summed E-state index contributed by atoms with van der Waals surface area (Å²) < 4.78 is 5.82. The van der Waals surface area contributed by atoms with Crippen molar-refractivity contribution in [3.05, 3.63) is 35.4 Å². The number of hydrogen-bond acceptors (Lipinski definition) is 3. The van der Waals surface area contributed by atoms with Crippen LogP contribution in [-0.2, 0) is 11.2 Å². The Hall–Kier alpha value is -0.900. The third-order valence-electron chi connectivity index (χ3n) is 4.97. The predicted molar refractivity (Wildman–Crippen MR) is 84.3 cm³/mol. The van der Waals surface area contributed by atoms with Gasteiger partial charge in [-0.1, -0.05) is 24.3 Å². The molecule has 0 radical (unpaired) electrons. The molecule has 0 spiro atoms. The van der Waals surface area contributed by atoms with Crippen LogP contribution in [0.15, 0.2) is 24.3 Å². The van der Waals surface area contributed by atoms with Gasteiger partial charge in [-0.25, -0.2) is 0 Å². The highest BCUT2D eigenvalue weighted by molar-refractivity contribution is 5.31. The second kappa shape index (κ2) is 6.91. The van der Waals surface area contributed by atoms with Crippen molar-refractivity contribution in [1.82, 2.24) is 4.90 Å². The molecule has 1 fully saturated rings. The predicted octanol–water partition coefficient (Wildman–Crippen LogP) is 2.93. The molecule has 3 heteroatoms. The van der Waals surface area contributed by atoms with Crippen LogP contribution < -0.4 is 0 Å². The van der Waals surface area contributed by atoms with E-state index >= 15 is 0 Å². The van der Waals surface area contributed by atoms with Gasteiger partial charge in [-0.15, -0.1) is 0 Å². The fourth-order valence-electron chi connectivity index (χ4n) is 3.94. The standard InChI is InChI=1S/C18H27NO2/c1-2-21-15-9-6-12-19(13-15)17-11-5-8-14-7-3-4-10-16(14)18(17)20/h3-4,7,10,15,17-18,20H,2,5-6,8-9,11-13H2,1H3. The summed E-state index contributed by atoms with van der Waals surface area (Å²) in [6, 6.07) is 8.64. The van der Waals surface area contributed by atoms with Gasteiger partial charge < -0.3 is 9.84 Å². The van der Waals surface area contributed by atoms with Gasteiger partial charge >= 0.3 is 0 Å². The normalized spacial score (nSPS) is 30.7. The van der Waals surface area contributed by atoms with Crippen LogP contribution in [0, 0.1) is 0 Å². The fourth-order valence-corrected chi connectivity index (χ4v) is 3.94. The van der Waals surface area contributed by atoms with Crippen LogP contribution >= 0.6 is 0 Å². The van der Waals surface area contributed by atoms with Crippen LogP contribution in [-0.4, -0.2) is 41.8 Å². The lowest BCUT2D eigenvalue weighted by atomic mass is 9.96. The molecular formula is C18H27NO2. The highest BCUT2D eigenvalue weighted by Gasteiger charge is 2.33. The first-order valence-corrected chi connectivity index (χ1v) is 8.41. The maximum absolute atomic E-state index is 10.9. The van der Waals surface area contributed by atoms with E-state index in [0.29, 0.717) is 6.10 Å². The van der Waals surface area contributed by atoms with Crippen molar-refractivity contribution < 1.29 is 9.84 Å². The molecule has 3 atom stereocenters. The molecule has 1 aromatic rings. The molecule has 1 N–H and O–H groups in total.